The lowest BCUT2D eigenvalue weighted by Crippen LogP contribution is -2.07. The van der Waals surface area contributed by atoms with Crippen molar-refractivity contribution < 1.29 is 13.9 Å². The lowest BCUT2D eigenvalue weighted by molar-refractivity contribution is -0.144. The van der Waals surface area contributed by atoms with Gasteiger partial charge in [0.2, 0.25) is 0 Å². The maximum Gasteiger partial charge on any atom is 0.303 e. The van der Waals surface area contributed by atoms with Gasteiger partial charge in [-0.15, -0.1) is 0 Å². The van der Waals surface area contributed by atoms with Gasteiger partial charge >= 0.3 is 5.97 Å². The van der Waals surface area contributed by atoms with Crippen LogP contribution in [0.15, 0.2) is 36.9 Å². The second-order valence-corrected chi connectivity index (χ2v) is 2.79. The van der Waals surface area contributed by atoms with Crippen molar-refractivity contribution in [3.63, 3.8) is 0 Å². The molecule has 0 bridgehead atoms. The lowest BCUT2D eigenvalue weighted by Gasteiger charge is -2.13. The molecule has 0 aliphatic heterocycles. The molecule has 2 nitrogen and oxygen atoms in total. The third-order valence-electron chi connectivity index (χ3n) is 1.72. The van der Waals surface area contributed by atoms with Crippen molar-refractivity contribution in [1.29, 1.82) is 0 Å². The topological polar surface area (TPSA) is 26.3 Å². The summed E-state index contributed by atoms with van der Waals surface area (Å²) >= 11 is 0. The Morgan fingerprint density at radius 2 is 2.21 bits per heavy atom. The molecule has 0 amide bonds. The number of rotatable bonds is 3. The molecule has 0 saturated carbocycles. The monoisotopic (exact) mass is 194 g/mol. The van der Waals surface area contributed by atoms with E-state index in [-0.39, 0.29) is 0 Å². The molecule has 1 aromatic rings. The molecule has 14 heavy (non-hydrogen) atoms. The Balaban J connectivity index is 2.94. The van der Waals surface area contributed by atoms with Gasteiger partial charge < -0.3 is 4.74 Å². The molecule has 0 heterocycles. The Kier molecular flexibility index (Phi) is 3.40. The fraction of sp³-hybridized carbons (Fsp3) is 0.182. The molecule has 3 heteroatoms. The average molecular weight is 194 g/mol. The number of halogens is 1. The van der Waals surface area contributed by atoms with E-state index in [2.05, 4.69) is 6.58 Å². The van der Waals surface area contributed by atoms with E-state index in [1.807, 2.05) is 0 Å². The van der Waals surface area contributed by atoms with E-state index >= 15 is 0 Å². The number of benzene rings is 1. The van der Waals surface area contributed by atoms with Gasteiger partial charge in [0.15, 0.2) is 0 Å². The highest BCUT2D eigenvalue weighted by Crippen LogP contribution is 2.21. The summed E-state index contributed by atoms with van der Waals surface area (Å²) in [5, 5.41) is 0. The molecule has 1 atom stereocenters. The fourth-order valence-corrected chi connectivity index (χ4v) is 1.12. The number of ether oxygens (including phenoxy) is 1. The van der Waals surface area contributed by atoms with E-state index < -0.39 is 17.9 Å². The first-order valence-electron chi connectivity index (χ1n) is 4.19. The Bertz CT molecular complexity index is 347. The van der Waals surface area contributed by atoms with E-state index in [0.29, 0.717) is 5.56 Å². The molecule has 1 aromatic carbocycles. The second kappa shape index (κ2) is 4.56. The maximum atomic E-state index is 13.2. The van der Waals surface area contributed by atoms with Crippen LogP contribution in [-0.4, -0.2) is 5.97 Å². The van der Waals surface area contributed by atoms with E-state index in [9.17, 15) is 9.18 Å². The SMILES string of the molecule is C=CC(OC(C)=O)c1ccccc1F. The van der Waals surface area contributed by atoms with Crippen molar-refractivity contribution in [3.05, 3.63) is 48.3 Å². The molecule has 0 aromatic heterocycles. The zero-order valence-corrected chi connectivity index (χ0v) is 7.87. The number of hydrogen-bond donors (Lipinski definition) is 0. The van der Waals surface area contributed by atoms with Gasteiger partial charge in [0.05, 0.1) is 0 Å². The molecule has 0 aliphatic rings. The summed E-state index contributed by atoms with van der Waals surface area (Å²) < 4.78 is 18.1. The van der Waals surface area contributed by atoms with E-state index in [4.69, 9.17) is 4.74 Å². The van der Waals surface area contributed by atoms with Gasteiger partial charge in [-0.1, -0.05) is 24.8 Å². The molecule has 1 unspecified atom stereocenters. The molecular formula is C11H11FO2. The molecule has 0 fully saturated rings. The van der Waals surface area contributed by atoms with Gasteiger partial charge in [-0.2, -0.15) is 0 Å². The van der Waals surface area contributed by atoms with Crippen LogP contribution >= 0.6 is 0 Å². The summed E-state index contributed by atoms with van der Waals surface area (Å²) in [5.74, 6) is -0.864. The summed E-state index contributed by atoms with van der Waals surface area (Å²) in [6, 6.07) is 6.13. The first-order chi connectivity index (χ1) is 6.65. The van der Waals surface area contributed by atoms with Crippen LogP contribution < -0.4 is 0 Å². The van der Waals surface area contributed by atoms with Crippen molar-refractivity contribution in [1.82, 2.24) is 0 Å². The Hall–Kier alpha value is -1.64. The average Bonchev–Trinajstić information content (AvgIpc) is 2.15. The third kappa shape index (κ3) is 2.42. The Morgan fingerprint density at radius 1 is 1.57 bits per heavy atom. The standard InChI is InChI=1S/C11H11FO2/c1-3-11(14-8(2)13)9-6-4-5-7-10(9)12/h3-7,11H,1H2,2H3. The number of carbonyl (C=O) groups is 1. The molecular weight excluding hydrogens is 183 g/mol. The first kappa shape index (κ1) is 10.4. The molecule has 0 N–H and O–H groups in total. The highest BCUT2D eigenvalue weighted by molar-refractivity contribution is 5.66. The van der Waals surface area contributed by atoms with Gasteiger partial charge in [-0.05, 0) is 12.1 Å². The van der Waals surface area contributed by atoms with Crippen molar-refractivity contribution >= 4 is 5.97 Å². The van der Waals surface area contributed by atoms with Crippen LogP contribution in [0.1, 0.15) is 18.6 Å². The van der Waals surface area contributed by atoms with Crippen molar-refractivity contribution in [3.8, 4) is 0 Å². The van der Waals surface area contributed by atoms with Crippen LogP contribution in [0.2, 0.25) is 0 Å². The first-order valence-corrected chi connectivity index (χ1v) is 4.19. The summed E-state index contributed by atoms with van der Waals surface area (Å²) in [6.45, 7) is 4.76. The normalized spacial score (nSPS) is 11.9. The zero-order chi connectivity index (χ0) is 10.6. The summed E-state index contributed by atoms with van der Waals surface area (Å²) in [7, 11) is 0. The largest absolute Gasteiger partial charge is 0.453 e. The summed E-state index contributed by atoms with van der Waals surface area (Å²) in [6.07, 6.45) is 0.675. The minimum atomic E-state index is -0.714. The molecule has 0 saturated heterocycles. The lowest BCUT2D eigenvalue weighted by atomic mass is 10.1. The highest BCUT2D eigenvalue weighted by atomic mass is 19.1. The van der Waals surface area contributed by atoms with Crippen LogP contribution in [0.25, 0.3) is 0 Å². The van der Waals surface area contributed by atoms with Gasteiger partial charge in [0.1, 0.15) is 11.9 Å². The van der Waals surface area contributed by atoms with Crippen molar-refractivity contribution in [2.24, 2.45) is 0 Å². The van der Waals surface area contributed by atoms with Crippen molar-refractivity contribution in [2.75, 3.05) is 0 Å². The van der Waals surface area contributed by atoms with Crippen LogP contribution in [0.3, 0.4) is 0 Å². The van der Waals surface area contributed by atoms with Crippen LogP contribution in [-0.2, 0) is 9.53 Å². The highest BCUT2D eigenvalue weighted by Gasteiger charge is 2.14. The van der Waals surface area contributed by atoms with Crippen LogP contribution in [0.5, 0.6) is 0 Å². The van der Waals surface area contributed by atoms with Crippen molar-refractivity contribution in [2.45, 2.75) is 13.0 Å². The molecule has 0 spiro atoms. The minimum absolute atomic E-state index is 0.317. The summed E-state index contributed by atoms with van der Waals surface area (Å²) in [5.41, 5.74) is 0.317. The number of hydrogen-bond acceptors (Lipinski definition) is 2. The van der Waals surface area contributed by atoms with Gasteiger partial charge in [0, 0.05) is 12.5 Å². The predicted molar refractivity (Wildman–Crippen MR) is 51.1 cm³/mol. The number of carbonyl (C=O) groups excluding carboxylic acids is 1. The van der Waals surface area contributed by atoms with Gasteiger partial charge in [0.25, 0.3) is 0 Å². The smallest absolute Gasteiger partial charge is 0.303 e. The van der Waals surface area contributed by atoms with Crippen LogP contribution in [0.4, 0.5) is 4.39 Å². The third-order valence-corrected chi connectivity index (χ3v) is 1.72. The van der Waals surface area contributed by atoms with Crippen LogP contribution in [0, 0.1) is 5.82 Å². The minimum Gasteiger partial charge on any atom is -0.453 e. The fourth-order valence-electron chi connectivity index (χ4n) is 1.12. The summed E-state index contributed by atoms with van der Waals surface area (Å²) in [4.78, 5) is 10.7. The Morgan fingerprint density at radius 3 is 2.71 bits per heavy atom. The van der Waals surface area contributed by atoms with E-state index in [1.165, 1.54) is 19.1 Å². The van der Waals surface area contributed by atoms with Gasteiger partial charge in [-0.3, -0.25) is 4.79 Å². The molecule has 1 rings (SSSR count). The molecule has 0 aliphatic carbocycles. The molecule has 0 radical (unpaired) electrons. The quantitative estimate of drug-likeness (QED) is 0.546. The Labute approximate surface area is 82.0 Å². The maximum absolute atomic E-state index is 13.2. The predicted octanol–water partition coefficient (Wildman–Crippen LogP) is 2.62. The van der Waals surface area contributed by atoms with E-state index in [0.717, 1.165) is 0 Å². The number of esters is 1. The second-order valence-electron chi connectivity index (χ2n) is 2.79. The van der Waals surface area contributed by atoms with Gasteiger partial charge in [-0.25, -0.2) is 4.39 Å². The zero-order valence-electron chi connectivity index (χ0n) is 7.87. The molecule has 74 valence electrons. The van der Waals surface area contributed by atoms with E-state index in [1.54, 1.807) is 18.2 Å².